The molecule has 0 radical (unpaired) electrons. The van der Waals surface area contributed by atoms with Gasteiger partial charge in [-0.2, -0.15) is 9.97 Å². The van der Waals surface area contributed by atoms with E-state index in [4.69, 9.17) is 30.4 Å². The Labute approximate surface area is 277 Å². The Morgan fingerprint density at radius 3 is 2.79 bits per heavy atom. The number of aromatic nitrogens is 2. The highest BCUT2D eigenvalue weighted by atomic mass is 19.1. The first-order chi connectivity index (χ1) is 23.4. The van der Waals surface area contributed by atoms with Gasteiger partial charge in [-0.3, -0.25) is 4.90 Å². The van der Waals surface area contributed by atoms with Gasteiger partial charge in [0, 0.05) is 50.0 Å². The van der Waals surface area contributed by atoms with E-state index in [2.05, 4.69) is 20.7 Å². The van der Waals surface area contributed by atoms with Crippen LogP contribution in [0.15, 0.2) is 30.3 Å². The number of methoxy groups -OCH3 is 1. The van der Waals surface area contributed by atoms with Crippen molar-refractivity contribution < 1.29 is 32.1 Å². The number of fused-ring (bicyclic) bond motifs is 4. The van der Waals surface area contributed by atoms with E-state index in [1.54, 1.807) is 24.3 Å². The maximum Gasteiger partial charge on any atom is 0.319 e. The molecule has 0 aliphatic carbocycles. The Bertz CT molecular complexity index is 1950. The van der Waals surface area contributed by atoms with E-state index in [0.717, 1.165) is 51.6 Å². The summed E-state index contributed by atoms with van der Waals surface area (Å²) in [6, 6.07) is 8.05. The zero-order chi connectivity index (χ0) is 33.0. The van der Waals surface area contributed by atoms with Gasteiger partial charge in [-0.15, -0.1) is 6.42 Å². The van der Waals surface area contributed by atoms with E-state index in [1.807, 2.05) is 0 Å². The highest BCUT2D eigenvalue weighted by Gasteiger charge is 2.49. The molecule has 3 saturated heterocycles. The third-order valence-corrected chi connectivity index (χ3v) is 10.5. The van der Waals surface area contributed by atoms with Crippen LogP contribution in [-0.4, -0.2) is 79.4 Å². The number of alkyl halides is 1. The molecule has 11 heteroatoms. The molecule has 1 unspecified atom stereocenters. The zero-order valence-electron chi connectivity index (χ0n) is 26.9. The van der Waals surface area contributed by atoms with Crippen molar-refractivity contribution in [3.8, 4) is 41.0 Å². The van der Waals surface area contributed by atoms with Crippen LogP contribution in [0.3, 0.4) is 0 Å². The Balaban J connectivity index is 1.34. The van der Waals surface area contributed by atoms with Crippen LogP contribution >= 0.6 is 0 Å². The van der Waals surface area contributed by atoms with Gasteiger partial charge in [0.25, 0.3) is 0 Å². The fourth-order valence-corrected chi connectivity index (χ4v) is 8.30. The summed E-state index contributed by atoms with van der Waals surface area (Å²) in [7, 11) is 1.50. The molecule has 4 aromatic rings. The van der Waals surface area contributed by atoms with Gasteiger partial charge in [0.15, 0.2) is 12.6 Å². The summed E-state index contributed by atoms with van der Waals surface area (Å²) in [6.07, 6.45) is 10.9. The van der Waals surface area contributed by atoms with Crippen molar-refractivity contribution in [3.05, 3.63) is 47.5 Å². The average molecular weight is 659 g/mol. The first kappa shape index (κ1) is 31.0. The summed E-state index contributed by atoms with van der Waals surface area (Å²) in [5, 5.41) is 1.39. The van der Waals surface area contributed by atoms with Crippen LogP contribution in [0.5, 0.6) is 17.5 Å². The molecule has 4 aliphatic heterocycles. The van der Waals surface area contributed by atoms with Crippen molar-refractivity contribution in [2.75, 3.05) is 51.7 Å². The predicted octanol–water partition coefficient (Wildman–Crippen LogP) is 6.79. The maximum absolute atomic E-state index is 17.3. The molecule has 0 bridgehead atoms. The van der Waals surface area contributed by atoms with Crippen LogP contribution in [0.2, 0.25) is 0 Å². The van der Waals surface area contributed by atoms with Gasteiger partial charge in [0.2, 0.25) is 0 Å². The van der Waals surface area contributed by atoms with Crippen LogP contribution in [0.25, 0.3) is 32.8 Å². The Kier molecular flexibility index (Phi) is 7.96. The van der Waals surface area contributed by atoms with E-state index in [-0.39, 0.29) is 42.1 Å². The fourth-order valence-electron chi connectivity index (χ4n) is 8.30. The third kappa shape index (κ3) is 5.17. The molecular weight excluding hydrogens is 621 g/mol. The number of rotatable bonds is 7. The second-order valence-corrected chi connectivity index (χ2v) is 13.3. The average Bonchev–Trinajstić information content (AvgIpc) is 3.62. The first-order valence-corrected chi connectivity index (χ1v) is 16.7. The van der Waals surface area contributed by atoms with Crippen molar-refractivity contribution in [1.29, 1.82) is 0 Å². The van der Waals surface area contributed by atoms with Gasteiger partial charge in [0.1, 0.15) is 41.4 Å². The monoisotopic (exact) mass is 658 g/mol. The summed E-state index contributed by atoms with van der Waals surface area (Å²) in [5.74, 6) is 2.59. The van der Waals surface area contributed by atoms with Crippen molar-refractivity contribution >= 4 is 27.5 Å². The van der Waals surface area contributed by atoms with Crippen LogP contribution in [0.1, 0.15) is 50.5 Å². The minimum atomic E-state index is -0.912. The molecule has 1 aromatic heterocycles. The lowest BCUT2D eigenvalue weighted by Gasteiger charge is -2.39. The number of ether oxygens (including phenoxy) is 4. The van der Waals surface area contributed by atoms with Gasteiger partial charge in [0.05, 0.1) is 23.1 Å². The zero-order valence-corrected chi connectivity index (χ0v) is 26.9. The fraction of sp³-hybridized carbons (Fsp3) is 0.459. The van der Waals surface area contributed by atoms with Gasteiger partial charge in [-0.05, 0) is 73.9 Å². The Hall–Kier alpha value is -4.27. The van der Waals surface area contributed by atoms with Crippen LogP contribution in [0, 0.1) is 24.0 Å². The highest BCUT2D eigenvalue weighted by molar-refractivity contribution is 6.05. The number of benzene rings is 3. The number of nitrogens with zero attached hydrogens (tertiary/aromatic N) is 4. The largest absolute Gasteiger partial charge is 0.493 e. The first-order valence-electron chi connectivity index (χ1n) is 16.7. The van der Waals surface area contributed by atoms with E-state index in [1.165, 1.54) is 13.2 Å². The highest BCUT2D eigenvalue weighted by Crippen LogP contribution is 2.46. The minimum absolute atomic E-state index is 0.00975. The molecule has 48 heavy (non-hydrogen) atoms. The normalized spacial score (nSPS) is 23.7. The second kappa shape index (κ2) is 12.3. The third-order valence-electron chi connectivity index (χ3n) is 10.5. The molecule has 8 nitrogen and oxygen atoms in total. The molecule has 4 aliphatic rings. The summed E-state index contributed by atoms with van der Waals surface area (Å²) in [5.41, 5.74) is 0.0553. The number of hydrogen-bond donors (Lipinski definition) is 0. The second-order valence-electron chi connectivity index (χ2n) is 13.3. The Morgan fingerprint density at radius 2 is 1.94 bits per heavy atom. The maximum atomic E-state index is 17.3. The molecular formula is C37H37F3N4O4. The van der Waals surface area contributed by atoms with Gasteiger partial charge >= 0.3 is 6.01 Å². The standard InChI is InChI=1S/C37H37F3N4O4/c1-3-26-29(39)9-8-22-15-25(48-21-45-2)16-27(31(22)26)28-17-30-32-34(33(28)40)41-36(47-20-37-11-6-12-43(37)19-23(38)18-37)42-35(32)44-13-5-4-7-24(44)10-14-46-30/h1,8-9,15-17,23-24H,4-7,10-14,18-21H2,2H3/t23-,24?,37+/m1/s1. The van der Waals surface area contributed by atoms with Crippen LogP contribution in [0.4, 0.5) is 19.0 Å². The lowest BCUT2D eigenvalue weighted by atomic mass is 9.92. The number of terminal acetylenes is 1. The summed E-state index contributed by atoms with van der Waals surface area (Å²) < 4.78 is 70.6. The lowest BCUT2D eigenvalue weighted by Crippen LogP contribution is -2.44. The summed E-state index contributed by atoms with van der Waals surface area (Å²) >= 11 is 0. The van der Waals surface area contributed by atoms with Crippen LogP contribution < -0.4 is 19.1 Å². The molecule has 0 spiro atoms. The molecule has 3 fully saturated rings. The lowest BCUT2D eigenvalue weighted by molar-refractivity contribution is 0.0512. The molecule has 0 N–H and O–H groups in total. The van der Waals surface area contributed by atoms with Gasteiger partial charge in [-0.25, -0.2) is 13.2 Å². The van der Waals surface area contributed by atoms with E-state index in [0.29, 0.717) is 58.6 Å². The number of anilines is 1. The van der Waals surface area contributed by atoms with Crippen molar-refractivity contribution in [2.45, 2.75) is 62.7 Å². The van der Waals surface area contributed by atoms with E-state index < -0.39 is 23.3 Å². The smallest absolute Gasteiger partial charge is 0.319 e. The summed E-state index contributed by atoms with van der Waals surface area (Å²) in [6.45, 7) is 2.56. The molecule has 3 aromatic carbocycles. The van der Waals surface area contributed by atoms with E-state index in [9.17, 15) is 4.39 Å². The quantitative estimate of drug-likeness (QED) is 0.159. The van der Waals surface area contributed by atoms with E-state index >= 15 is 8.78 Å². The van der Waals surface area contributed by atoms with Gasteiger partial charge in [-0.1, -0.05) is 12.0 Å². The number of hydrogen-bond acceptors (Lipinski definition) is 8. The topological polar surface area (TPSA) is 69.2 Å². The molecule has 5 heterocycles. The molecule has 8 rings (SSSR count). The molecule has 0 amide bonds. The number of halogens is 3. The molecule has 3 atom stereocenters. The Morgan fingerprint density at radius 1 is 1.04 bits per heavy atom. The van der Waals surface area contributed by atoms with Crippen molar-refractivity contribution in [3.63, 3.8) is 0 Å². The minimum Gasteiger partial charge on any atom is -0.493 e. The molecule has 250 valence electrons. The summed E-state index contributed by atoms with van der Waals surface area (Å²) in [4.78, 5) is 14.0. The SMILES string of the molecule is C#Cc1c(F)ccc2cc(OCOC)cc(-c3cc4c5c(nc(OC[C@@]67CCCN6C[C@H](F)C7)nc5c3F)N3CCCCC3CCO4)c12. The number of piperidine rings is 1. The van der Waals surface area contributed by atoms with Gasteiger partial charge < -0.3 is 23.8 Å². The van der Waals surface area contributed by atoms with Crippen LogP contribution in [-0.2, 0) is 4.74 Å². The van der Waals surface area contributed by atoms with Crippen molar-refractivity contribution in [2.24, 2.45) is 0 Å². The predicted molar refractivity (Wildman–Crippen MR) is 176 cm³/mol. The molecule has 0 saturated carbocycles. The van der Waals surface area contributed by atoms with Crippen molar-refractivity contribution in [1.82, 2.24) is 14.9 Å².